The summed E-state index contributed by atoms with van der Waals surface area (Å²) in [5.74, 6) is 1.76. The maximum Gasteiger partial charge on any atom is 0.305 e. The van der Waals surface area contributed by atoms with Gasteiger partial charge in [0.25, 0.3) is 0 Å². The summed E-state index contributed by atoms with van der Waals surface area (Å²) in [4.78, 5) is 11.2. The van der Waals surface area contributed by atoms with E-state index in [2.05, 4.69) is 46.5 Å². The van der Waals surface area contributed by atoms with Crippen molar-refractivity contribution in [1.29, 1.82) is 0 Å². The van der Waals surface area contributed by atoms with Gasteiger partial charge >= 0.3 is 5.97 Å². The van der Waals surface area contributed by atoms with Gasteiger partial charge in [0.15, 0.2) is 0 Å². The van der Waals surface area contributed by atoms with E-state index in [0.29, 0.717) is 49.8 Å². The average Bonchev–Trinajstić information content (AvgIpc) is 2.87. The number of carbonyl (C=O) groups is 1. The van der Waals surface area contributed by atoms with E-state index in [0.717, 1.165) is 5.56 Å². The van der Waals surface area contributed by atoms with E-state index in [-0.39, 0.29) is 5.97 Å². The second kappa shape index (κ2) is 12.5. The zero-order valence-corrected chi connectivity index (χ0v) is 19.4. The second-order valence-corrected chi connectivity index (χ2v) is 7.50. The standard InChI is InChI=1S/C27H31NO5/c1-30-25-16-23(33-15-7-10-27(29)32-3)17-26(31-2)24(25)19-28-18-20-11-13-22(14-12-20)21-8-5-4-6-9-21/h4-6,8-9,11-14,16-17,28H,7,10,15,18-19H2,1-3H3. The van der Waals surface area contributed by atoms with Crippen LogP contribution in [0.25, 0.3) is 11.1 Å². The summed E-state index contributed by atoms with van der Waals surface area (Å²) in [6, 6.07) is 22.6. The first kappa shape index (κ1) is 24.1. The largest absolute Gasteiger partial charge is 0.496 e. The molecule has 3 rings (SSSR count). The van der Waals surface area contributed by atoms with Crippen LogP contribution in [0, 0.1) is 0 Å². The van der Waals surface area contributed by atoms with Crippen molar-refractivity contribution in [2.75, 3.05) is 27.9 Å². The van der Waals surface area contributed by atoms with Gasteiger partial charge in [-0.25, -0.2) is 0 Å². The van der Waals surface area contributed by atoms with Gasteiger partial charge in [0, 0.05) is 31.6 Å². The molecule has 0 saturated carbocycles. The normalized spacial score (nSPS) is 10.5. The molecule has 0 radical (unpaired) electrons. The lowest BCUT2D eigenvalue weighted by atomic mass is 10.0. The molecule has 0 aliphatic heterocycles. The molecule has 0 heterocycles. The van der Waals surface area contributed by atoms with Crippen LogP contribution in [0.3, 0.4) is 0 Å². The van der Waals surface area contributed by atoms with Gasteiger partial charge in [0.1, 0.15) is 17.2 Å². The van der Waals surface area contributed by atoms with Crippen molar-refractivity contribution in [1.82, 2.24) is 5.32 Å². The number of hydrogen-bond acceptors (Lipinski definition) is 6. The van der Waals surface area contributed by atoms with E-state index in [9.17, 15) is 4.79 Å². The summed E-state index contributed by atoms with van der Waals surface area (Å²) in [6.45, 7) is 1.69. The lowest BCUT2D eigenvalue weighted by molar-refractivity contribution is -0.140. The fourth-order valence-corrected chi connectivity index (χ4v) is 3.50. The molecule has 0 aliphatic rings. The molecule has 0 bridgehead atoms. The number of esters is 1. The van der Waals surface area contributed by atoms with E-state index >= 15 is 0 Å². The summed E-state index contributed by atoms with van der Waals surface area (Å²) >= 11 is 0. The van der Waals surface area contributed by atoms with Gasteiger partial charge in [-0.05, 0) is 23.1 Å². The third kappa shape index (κ3) is 6.99. The van der Waals surface area contributed by atoms with Gasteiger partial charge in [0.05, 0.1) is 33.5 Å². The molecule has 0 spiro atoms. The summed E-state index contributed by atoms with van der Waals surface area (Å²) in [5.41, 5.74) is 4.52. The van der Waals surface area contributed by atoms with E-state index in [1.807, 2.05) is 30.3 Å². The van der Waals surface area contributed by atoms with E-state index in [4.69, 9.17) is 14.2 Å². The van der Waals surface area contributed by atoms with Crippen molar-refractivity contribution < 1.29 is 23.7 Å². The molecule has 0 unspecified atom stereocenters. The van der Waals surface area contributed by atoms with Crippen molar-refractivity contribution in [3.8, 4) is 28.4 Å². The van der Waals surface area contributed by atoms with E-state index in [1.54, 1.807) is 14.2 Å². The van der Waals surface area contributed by atoms with E-state index in [1.165, 1.54) is 23.8 Å². The van der Waals surface area contributed by atoms with Crippen LogP contribution in [0.4, 0.5) is 0 Å². The SMILES string of the molecule is COC(=O)CCCOc1cc(OC)c(CNCc2ccc(-c3ccccc3)cc2)c(OC)c1. The van der Waals surface area contributed by atoms with Crippen LogP contribution >= 0.6 is 0 Å². The molecule has 6 heteroatoms. The Hall–Kier alpha value is -3.51. The number of methoxy groups -OCH3 is 3. The number of carbonyl (C=O) groups excluding carboxylic acids is 1. The molecule has 3 aromatic rings. The molecular weight excluding hydrogens is 418 g/mol. The monoisotopic (exact) mass is 449 g/mol. The van der Waals surface area contributed by atoms with Crippen LogP contribution in [-0.2, 0) is 22.6 Å². The number of ether oxygens (including phenoxy) is 4. The second-order valence-electron chi connectivity index (χ2n) is 7.50. The maximum atomic E-state index is 11.2. The number of benzene rings is 3. The molecule has 33 heavy (non-hydrogen) atoms. The first-order valence-corrected chi connectivity index (χ1v) is 10.9. The first-order valence-electron chi connectivity index (χ1n) is 10.9. The highest BCUT2D eigenvalue weighted by molar-refractivity contribution is 5.69. The van der Waals surface area contributed by atoms with Gasteiger partial charge < -0.3 is 24.3 Å². The molecule has 6 nitrogen and oxygen atoms in total. The molecule has 3 aromatic carbocycles. The fourth-order valence-electron chi connectivity index (χ4n) is 3.50. The minimum atomic E-state index is -0.245. The highest BCUT2D eigenvalue weighted by Gasteiger charge is 2.13. The first-order chi connectivity index (χ1) is 16.1. The van der Waals surface area contributed by atoms with Crippen molar-refractivity contribution >= 4 is 5.97 Å². The molecule has 174 valence electrons. The van der Waals surface area contributed by atoms with Gasteiger partial charge in [-0.15, -0.1) is 0 Å². The molecule has 0 fully saturated rings. The Bertz CT molecular complexity index is 993. The fraction of sp³-hybridized carbons (Fsp3) is 0.296. The van der Waals surface area contributed by atoms with Crippen LogP contribution < -0.4 is 19.5 Å². The van der Waals surface area contributed by atoms with Crippen molar-refractivity contribution in [3.63, 3.8) is 0 Å². The van der Waals surface area contributed by atoms with Crippen LogP contribution in [0.15, 0.2) is 66.7 Å². The third-order valence-corrected chi connectivity index (χ3v) is 5.29. The van der Waals surface area contributed by atoms with Gasteiger partial charge in [-0.2, -0.15) is 0 Å². The lowest BCUT2D eigenvalue weighted by Crippen LogP contribution is -2.14. The van der Waals surface area contributed by atoms with Crippen molar-refractivity contribution in [2.24, 2.45) is 0 Å². The number of nitrogens with one attached hydrogen (secondary N) is 1. The Morgan fingerprint density at radius 3 is 2.06 bits per heavy atom. The Morgan fingerprint density at radius 2 is 1.45 bits per heavy atom. The van der Waals surface area contributed by atoms with Crippen molar-refractivity contribution in [3.05, 3.63) is 77.9 Å². The Kier molecular flexibility index (Phi) is 9.15. The van der Waals surface area contributed by atoms with Crippen LogP contribution in [0.5, 0.6) is 17.2 Å². The van der Waals surface area contributed by atoms with Crippen molar-refractivity contribution in [2.45, 2.75) is 25.9 Å². The zero-order chi connectivity index (χ0) is 23.5. The van der Waals surface area contributed by atoms with E-state index < -0.39 is 0 Å². The number of hydrogen-bond donors (Lipinski definition) is 1. The molecule has 0 saturated heterocycles. The number of rotatable bonds is 12. The predicted molar refractivity (Wildman–Crippen MR) is 129 cm³/mol. The Balaban J connectivity index is 1.58. The molecule has 1 N–H and O–H groups in total. The molecule has 0 amide bonds. The summed E-state index contributed by atoms with van der Waals surface area (Å²) in [5, 5.41) is 3.47. The quantitative estimate of drug-likeness (QED) is 0.310. The Morgan fingerprint density at radius 1 is 0.818 bits per heavy atom. The van der Waals surface area contributed by atoms with Crippen LogP contribution in [0.2, 0.25) is 0 Å². The van der Waals surface area contributed by atoms with Crippen LogP contribution in [-0.4, -0.2) is 33.9 Å². The smallest absolute Gasteiger partial charge is 0.305 e. The highest BCUT2D eigenvalue weighted by atomic mass is 16.5. The predicted octanol–water partition coefficient (Wildman–Crippen LogP) is 4.99. The molecular formula is C27H31NO5. The molecule has 0 aromatic heterocycles. The Labute approximate surface area is 195 Å². The highest BCUT2D eigenvalue weighted by Crippen LogP contribution is 2.34. The third-order valence-electron chi connectivity index (χ3n) is 5.29. The van der Waals surface area contributed by atoms with Gasteiger partial charge in [-0.1, -0.05) is 54.6 Å². The lowest BCUT2D eigenvalue weighted by Gasteiger charge is -2.16. The molecule has 0 aliphatic carbocycles. The van der Waals surface area contributed by atoms with Gasteiger partial charge in [-0.3, -0.25) is 4.79 Å². The molecule has 0 atom stereocenters. The average molecular weight is 450 g/mol. The van der Waals surface area contributed by atoms with Crippen LogP contribution in [0.1, 0.15) is 24.0 Å². The summed E-state index contributed by atoms with van der Waals surface area (Å²) in [6.07, 6.45) is 0.892. The van der Waals surface area contributed by atoms with Gasteiger partial charge in [0.2, 0.25) is 0 Å². The topological polar surface area (TPSA) is 66.0 Å². The minimum Gasteiger partial charge on any atom is -0.496 e. The maximum absolute atomic E-state index is 11.2. The minimum absolute atomic E-state index is 0.245. The zero-order valence-electron chi connectivity index (χ0n) is 19.4. The summed E-state index contributed by atoms with van der Waals surface area (Å²) < 4.78 is 21.6. The summed E-state index contributed by atoms with van der Waals surface area (Å²) in [7, 11) is 4.63.